The van der Waals surface area contributed by atoms with Crippen LogP contribution >= 0.6 is 0 Å². The molecule has 1 aliphatic carbocycles. The minimum Gasteiger partial charge on any atom is -0.473 e. The normalized spacial score (nSPS) is 14.3. The molecule has 1 heterocycles. The summed E-state index contributed by atoms with van der Waals surface area (Å²) in [7, 11) is 0. The zero-order valence-electron chi connectivity index (χ0n) is 14.1. The molecule has 4 rings (SSSR count). The molecule has 0 atom stereocenters. The van der Waals surface area contributed by atoms with Crippen LogP contribution in [0.3, 0.4) is 0 Å². The zero-order valence-corrected chi connectivity index (χ0v) is 14.1. The zero-order chi connectivity index (χ0) is 19.0. The van der Waals surface area contributed by atoms with Crippen molar-refractivity contribution in [2.24, 2.45) is 0 Å². The monoisotopic (exact) mass is 362 g/mol. The fraction of sp³-hybridized carbons (Fsp3) is 0.0952. The van der Waals surface area contributed by atoms with Crippen LogP contribution in [-0.4, -0.2) is 17.0 Å². The van der Waals surface area contributed by atoms with Crippen molar-refractivity contribution in [2.45, 2.75) is 12.8 Å². The number of aliphatic carboxylic acids is 1. The Morgan fingerprint density at radius 1 is 1.07 bits per heavy atom. The second kappa shape index (κ2) is 6.57. The Kier molecular flexibility index (Phi) is 4.08. The van der Waals surface area contributed by atoms with Crippen LogP contribution < -0.4 is 10.2 Å². The van der Waals surface area contributed by atoms with E-state index in [1.807, 2.05) is 36.4 Å². The van der Waals surface area contributed by atoms with Crippen LogP contribution in [0.5, 0.6) is 5.75 Å². The Morgan fingerprint density at radius 3 is 2.59 bits per heavy atom. The summed E-state index contributed by atoms with van der Waals surface area (Å²) >= 11 is 0. The molecule has 0 saturated carbocycles. The standard InChI is InChI=1S/C21H14O6/c22-18-15-8-6-13(10-12-4-2-1-3-5-12)19(15)27-17-9-7-14(11-16(17)18)26-21(25)20(23)24/h1-5,7,9-11H,6,8H2,(H,23,24). The molecule has 0 aliphatic heterocycles. The average Bonchev–Trinajstić information content (AvgIpc) is 3.06. The molecule has 0 unspecified atom stereocenters. The number of hydrogen-bond acceptors (Lipinski definition) is 5. The largest absolute Gasteiger partial charge is 0.473 e. The van der Waals surface area contributed by atoms with Gasteiger partial charge in [-0.25, -0.2) is 9.59 Å². The highest BCUT2D eigenvalue weighted by Gasteiger charge is 2.24. The van der Waals surface area contributed by atoms with E-state index in [0.717, 1.165) is 11.1 Å². The number of allylic oxidation sites excluding steroid dienone is 1. The molecule has 6 heteroatoms. The number of carboxylic acid groups (broad SMARTS) is 1. The Hall–Kier alpha value is -3.67. The van der Waals surface area contributed by atoms with E-state index in [4.69, 9.17) is 14.3 Å². The van der Waals surface area contributed by atoms with E-state index < -0.39 is 11.9 Å². The fourth-order valence-electron chi connectivity index (χ4n) is 3.17. The molecule has 0 saturated heterocycles. The molecule has 1 aliphatic rings. The first-order valence-electron chi connectivity index (χ1n) is 8.34. The predicted molar refractivity (Wildman–Crippen MR) is 98.4 cm³/mol. The number of carbonyl (C=O) groups is 2. The molecule has 0 spiro atoms. The van der Waals surface area contributed by atoms with Crippen LogP contribution in [-0.2, 0) is 16.0 Å². The van der Waals surface area contributed by atoms with Gasteiger partial charge in [-0.05, 0) is 48.3 Å². The third-order valence-corrected chi connectivity index (χ3v) is 4.42. The van der Waals surface area contributed by atoms with Crippen molar-refractivity contribution in [3.8, 4) is 5.75 Å². The summed E-state index contributed by atoms with van der Waals surface area (Å²) in [5.74, 6) is -2.55. The van der Waals surface area contributed by atoms with Crippen LogP contribution in [0.25, 0.3) is 22.6 Å². The van der Waals surface area contributed by atoms with E-state index in [2.05, 4.69) is 0 Å². The molecular formula is C21H14O6. The van der Waals surface area contributed by atoms with Crippen LogP contribution in [0, 0.1) is 0 Å². The lowest BCUT2D eigenvalue weighted by Gasteiger charge is -2.06. The van der Waals surface area contributed by atoms with Crippen molar-refractivity contribution >= 4 is 34.6 Å². The summed E-state index contributed by atoms with van der Waals surface area (Å²) in [5.41, 5.74) is 2.72. The van der Waals surface area contributed by atoms with E-state index in [0.29, 0.717) is 29.7 Å². The molecule has 0 fully saturated rings. The molecule has 0 radical (unpaired) electrons. The molecule has 1 aromatic heterocycles. The maximum atomic E-state index is 12.8. The Bertz CT molecular complexity index is 1150. The van der Waals surface area contributed by atoms with Gasteiger partial charge in [0.05, 0.1) is 5.39 Å². The third kappa shape index (κ3) is 3.13. The summed E-state index contributed by atoms with van der Waals surface area (Å²) in [4.78, 5) is 34.7. The molecular weight excluding hydrogens is 348 g/mol. The molecule has 6 nitrogen and oxygen atoms in total. The summed E-state index contributed by atoms with van der Waals surface area (Å²) in [6.45, 7) is 0. The number of hydrogen-bond donors (Lipinski definition) is 1. The van der Waals surface area contributed by atoms with E-state index in [9.17, 15) is 14.4 Å². The minimum absolute atomic E-state index is 0.0137. The van der Waals surface area contributed by atoms with E-state index in [1.54, 1.807) is 0 Å². The van der Waals surface area contributed by atoms with Crippen LogP contribution in [0.15, 0.2) is 57.7 Å². The van der Waals surface area contributed by atoms with Crippen molar-refractivity contribution in [2.75, 3.05) is 0 Å². The lowest BCUT2D eigenvalue weighted by molar-refractivity contribution is -0.158. The van der Waals surface area contributed by atoms with E-state index in [-0.39, 0.29) is 16.6 Å². The summed E-state index contributed by atoms with van der Waals surface area (Å²) in [6.07, 6.45) is 3.26. The maximum Gasteiger partial charge on any atom is 0.422 e. The maximum absolute atomic E-state index is 12.8. The number of rotatable bonds is 2. The number of carboxylic acids is 1. The van der Waals surface area contributed by atoms with Crippen molar-refractivity contribution in [3.63, 3.8) is 0 Å². The van der Waals surface area contributed by atoms with Gasteiger partial charge >= 0.3 is 11.9 Å². The highest BCUT2D eigenvalue weighted by atomic mass is 16.6. The smallest absolute Gasteiger partial charge is 0.422 e. The molecule has 0 amide bonds. The van der Waals surface area contributed by atoms with Crippen LogP contribution in [0.4, 0.5) is 0 Å². The first-order chi connectivity index (χ1) is 13.0. The number of esters is 1. The van der Waals surface area contributed by atoms with Crippen LogP contribution in [0.2, 0.25) is 0 Å². The number of fused-ring (bicyclic) bond motifs is 2. The van der Waals surface area contributed by atoms with Gasteiger partial charge in [-0.2, -0.15) is 0 Å². The van der Waals surface area contributed by atoms with Crippen LogP contribution in [0.1, 0.15) is 23.3 Å². The quantitative estimate of drug-likeness (QED) is 0.427. The Balaban J connectivity index is 1.78. The number of ether oxygens (including phenoxy) is 1. The highest BCUT2D eigenvalue weighted by Crippen LogP contribution is 2.34. The van der Waals surface area contributed by atoms with E-state index >= 15 is 0 Å². The predicted octanol–water partition coefficient (Wildman–Crippen LogP) is 3.27. The second-order valence-corrected chi connectivity index (χ2v) is 6.17. The Labute approximate surface area is 153 Å². The van der Waals surface area contributed by atoms with Gasteiger partial charge in [-0.15, -0.1) is 0 Å². The van der Waals surface area contributed by atoms with Gasteiger partial charge < -0.3 is 14.3 Å². The van der Waals surface area contributed by atoms with Crippen molar-refractivity contribution in [3.05, 3.63) is 75.6 Å². The summed E-state index contributed by atoms with van der Waals surface area (Å²) < 4.78 is 10.7. The van der Waals surface area contributed by atoms with E-state index in [1.165, 1.54) is 18.2 Å². The van der Waals surface area contributed by atoms with Gasteiger partial charge in [0.2, 0.25) is 0 Å². The topological polar surface area (TPSA) is 93.8 Å². The lowest BCUT2D eigenvalue weighted by atomic mass is 10.1. The number of benzene rings is 2. The minimum atomic E-state index is -1.70. The van der Waals surface area contributed by atoms with Crippen molar-refractivity contribution < 1.29 is 23.8 Å². The SMILES string of the molecule is O=C(O)C(=O)Oc1ccc2oc3c(c(=O)c2c1)CCC3=Cc1ccccc1. The van der Waals surface area contributed by atoms with Gasteiger partial charge in [-0.1, -0.05) is 30.3 Å². The first kappa shape index (κ1) is 16.8. The summed E-state index contributed by atoms with van der Waals surface area (Å²) in [6, 6.07) is 14.0. The second-order valence-electron chi connectivity index (χ2n) is 6.17. The molecule has 2 aromatic carbocycles. The molecule has 3 aromatic rings. The molecule has 134 valence electrons. The number of carbonyl (C=O) groups excluding carboxylic acids is 1. The Morgan fingerprint density at radius 2 is 1.85 bits per heavy atom. The molecule has 1 N–H and O–H groups in total. The van der Waals surface area contributed by atoms with Gasteiger partial charge in [0.15, 0.2) is 5.43 Å². The highest BCUT2D eigenvalue weighted by molar-refractivity contribution is 6.29. The van der Waals surface area contributed by atoms with Crippen molar-refractivity contribution in [1.29, 1.82) is 0 Å². The first-order valence-corrected chi connectivity index (χ1v) is 8.34. The van der Waals surface area contributed by atoms with Gasteiger partial charge in [0.25, 0.3) is 0 Å². The molecule has 0 bridgehead atoms. The summed E-state index contributed by atoms with van der Waals surface area (Å²) in [5, 5.41) is 8.88. The van der Waals surface area contributed by atoms with Gasteiger partial charge in [0, 0.05) is 5.56 Å². The lowest BCUT2D eigenvalue weighted by Crippen LogP contribution is -2.19. The average molecular weight is 362 g/mol. The van der Waals surface area contributed by atoms with Gasteiger partial charge in [0.1, 0.15) is 17.1 Å². The van der Waals surface area contributed by atoms with Crippen molar-refractivity contribution in [1.82, 2.24) is 0 Å². The fourth-order valence-corrected chi connectivity index (χ4v) is 3.17. The van der Waals surface area contributed by atoms with Gasteiger partial charge in [-0.3, -0.25) is 4.79 Å². The molecule has 27 heavy (non-hydrogen) atoms. The third-order valence-electron chi connectivity index (χ3n) is 4.42.